The van der Waals surface area contributed by atoms with Crippen molar-refractivity contribution in [3.05, 3.63) is 18.1 Å². The van der Waals surface area contributed by atoms with Crippen LogP contribution in [0.1, 0.15) is 31.9 Å². The van der Waals surface area contributed by atoms with Gasteiger partial charge in [-0.2, -0.15) is 0 Å². The van der Waals surface area contributed by atoms with Crippen LogP contribution >= 0.6 is 0 Å². The average molecular weight is 267 g/mol. The van der Waals surface area contributed by atoms with Gasteiger partial charge in [0.1, 0.15) is 18.2 Å². The van der Waals surface area contributed by atoms with Crippen LogP contribution in [-0.4, -0.2) is 40.8 Å². The summed E-state index contributed by atoms with van der Waals surface area (Å²) in [6, 6.07) is 1.15. The van der Waals surface area contributed by atoms with E-state index >= 15 is 0 Å². The molecular weight excluding hydrogens is 246 g/mol. The summed E-state index contributed by atoms with van der Waals surface area (Å²) in [4.78, 5) is 19.4. The largest absolute Gasteiger partial charge is 0.480 e. The lowest BCUT2D eigenvalue weighted by Gasteiger charge is -2.15. The molecule has 1 atom stereocenters. The third-order valence-electron chi connectivity index (χ3n) is 2.69. The van der Waals surface area contributed by atoms with Gasteiger partial charge in [0, 0.05) is 25.5 Å². The molecular formula is C13H21N3O3. The first-order chi connectivity index (χ1) is 9.17. The molecule has 0 radical (unpaired) electrons. The van der Waals surface area contributed by atoms with Crippen molar-refractivity contribution in [3.63, 3.8) is 0 Å². The summed E-state index contributed by atoms with van der Waals surface area (Å²) in [7, 11) is 1.60. The number of carbonyl (C=O) groups is 1. The average Bonchev–Trinajstić information content (AvgIpc) is 2.38. The number of nitrogens with zero attached hydrogens (tertiary/aromatic N) is 2. The standard InChI is InChI=1S/C13H21N3O3/c1-3-5-10-8-12(15-9-14-10)16-11(13(17)18)6-4-7-19-2/h8-9,11H,3-7H2,1-2H3,(H,17,18)(H,14,15,16). The normalized spacial score (nSPS) is 12.1. The number of nitrogens with one attached hydrogen (secondary N) is 1. The molecule has 6 heteroatoms. The van der Waals surface area contributed by atoms with Crippen LogP contribution in [0.15, 0.2) is 12.4 Å². The minimum absolute atomic E-state index is 0.496. The Bertz CT molecular complexity index is 398. The smallest absolute Gasteiger partial charge is 0.326 e. The van der Waals surface area contributed by atoms with Crippen molar-refractivity contribution >= 4 is 11.8 Å². The van der Waals surface area contributed by atoms with Crippen molar-refractivity contribution in [1.29, 1.82) is 0 Å². The van der Waals surface area contributed by atoms with Crippen LogP contribution in [0.2, 0.25) is 0 Å². The number of ether oxygens (including phenoxy) is 1. The lowest BCUT2D eigenvalue weighted by molar-refractivity contribution is -0.138. The zero-order chi connectivity index (χ0) is 14.1. The highest BCUT2D eigenvalue weighted by atomic mass is 16.5. The van der Waals surface area contributed by atoms with E-state index in [1.165, 1.54) is 6.33 Å². The van der Waals surface area contributed by atoms with Crippen molar-refractivity contribution in [2.24, 2.45) is 0 Å². The Morgan fingerprint density at radius 1 is 1.53 bits per heavy atom. The van der Waals surface area contributed by atoms with E-state index in [2.05, 4.69) is 22.2 Å². The minimum atomic E-state index is -0.883. The number of aromatic nitrogens is 2. The monoisotopic (exact) mass is 267 g/mol. The van der Waals surface area contributed by atoms with Crippen molar-refractivity contribution in [2.45, 2.75) is 38.6 Å². The van der Waals surface area contributed by atoms with Crippen molar-refractivity contribution < 1.29 is 14.6 Å². The number of aliphatic carboxylic acids is 1. The Labute approximate surface area is 113 Å². The predicted octanol–water partition coefficient (Wildman–Crippen LogP) is 1.72. The van der Waals surface area contributed by atoms with E-state index in [0.29, 0.717) is 25.3 Å². The second kappa shape index (κ2) is 8.42. The molecule has 0 bridgehead atoms. The molecule has 1 aromatic heterocycles. The molecule has 0 aliphatic rings. The van der Waals surface area contributed by atoms with Crippen LogP contribution in [0.25, 0.3) is 0 Å². The maximum absolute atomic E-state index is 11.2. The van der Waals surface area contributed by atoms with E-state index < -0.39 is 12.0 Å². The quantitative estimate of drug-likeness (QED) is 0.663. The fraction of sp³-hybridized carbons (Fsp3) is 0.615. The van der Waals surface area contributed by atoms with Crippen molar-refractivity contribution in [3.8, 4) is 0 Å². The zero-order valence-electron chi connectivity index (χ0n) is 11.4. The highest BCUT2D eigenvalue weighted by Crippen LogP contribution is 2.10. The molecule has 1 aromatic rings. The van der Waals surface area contributed by atoms with Crippen LogP contribution in [-0.2, 0) is 16.0 Å². The Morgan fingerprint density at radius 3 is 2.95 bits per heavy atom. The number of methoxy groups -OCH3 is 1. The van der Waals surface area contributed by atoms with E-state index in [0.717, 1.165) is 18.5 Å². The number of anilines is 1. The lowest BCUT2D eigenvalue weighted by atomic mass is 10.1. The van der Waals surface area contributed by atoms with E-state index in [9.17, 15) is 4.79 Å². The number of rotatable bonds is 9. The van der Waals surface area contributed by atoms with E-state index in [4.69, 9.17) is 9.84 Å². The van der Waals surface area contributed by atoms with Gasteiger partial charge in [0.05, 0.1) is 0 Å². The molecule has 1 heterocycles. The third-order valence-corrected chi connectivity index (χ3v) is 2.69. The van der Waals surface area contributed by atoms with Crippen LogP contribution in [0.5, 0.6) is 0 Å². The molecule has 2 N–H and O–H groups in total. The van der Waals surface area contributed by atoms with Gasteiger partial charge in [-0.15, -0.1) is 0 Å². The van der Waals surface area contributed by atoms with Crippen LogP contribution in [0.4, 0.5) is 5.82 Å². The van der Waals surface area contributed by atoms with Crippen molar-refractivity contribution in [1.82, 2.24) is 9.97 Å². The van der Waals surface area contributed by atoms with E-state index in [1.54, 1.807) is 13.2 Å². The second-order valence-corrected chi connectivity index (χ2v) is 4.31. The van der Waals surface area contributed by atoms with Gasteiger partial charge < -0.3 is 15.2 Å². The van der Waals surface area contributed by atoms with Gasteiger partial charge in [0.2, 0.25) is 0 Å². The van der Waals surface area contributed by atoms with Gasteiger partial charge in [-0.05, 0) is 19.3 Å². The molecule has 6 nitrogen and oxygen atoms in total. The zero-order valence-corrected chi connectivity index (χ0v) is 11.4. The fourth-order valence-electron chi connectivity index (χ4n) is 1.74. The summed E-state index contributed by atoms with van der Waals surface area (Å²) in [6.07, 6.45) is 4.50. The van der Waals surface area contributed by atoms with Crippen molar-refractivity contribution in [2.75, 3.05) is 19.0 Å². The first-order valence-electron chi connectivity index (χ1n) is 6.46. The number of carboxylic acid groups (broad SMARTS) is 1. The number of carboxylic acids is 1. The molecule has 0 aliphatic carbocycles. The van der Waals surface area contributed by atoms with E-state index in [1.807, 2.05) is 0 Å². The van der Waals surface area contributed by atoms with Gasteiger partial charge in [-0.1, -0.05) is 13.3 Å². The Morgan fingerprint density at radius 2 is 2.32 bits per heavy atom. The van der Waals surface area contributed by atoms with Crippen LogP contribution in [0.3, 0.4) is 0 Å². The second-order valence-electron chi connectivity index (χ2n) is 4.31. The summed E-state index contributed by atoms with van der Waals surface area (Å²) >= 11 is 0. The molecule has 0 aromatic carbocycles. The summed E-state index contributed by atoms with van der Waals surface area (Å²) in [5.74, 6) is -0.324. The van der Waals surface area contributed by atoms with Gasteiger partial charge in [0.25, 0.3) is 0 Å². The molecule has 0 amide bonds. The summed E-state index contributed by atoms with van der Waals surface area (Å²) in [5.41, 5.74) is 0.918. The maximum Gasteiger partial charge on any atom is 0.326 e. The molecule has 106 valence electrons. The molecule has 0 aliphatic heterocycles. The third kappa shape index (κ3) is 5.65. The number of hydrogen-bond donors (Lipinski definition) is 2. The molecule has 1 unspecified atom stereocenters. The first-order valence-corrected chi connectivity index (χ1v) is 6.46. The summed E-state index contributed by atoms with van der Waals surface area (Å²) < 4.78 is 4.93. The van der Waals surface area contributed by atoms with Gasteiger partial charge >= 0.3 is 5.97 Å². The van der Waals surface area contributed by atoms with Crippen LogP contribution in [0, 0.1) is 0 Å². The molecule has 19 heavy (non-hydrogen) atoms. The van der Waals surface area contributed by atoms with Gasteiger partial charge in [0.15, 0.2) is 0 Å². The molecule has 0 saturated heterocycles. The Hall–Kier alpha value is -1.69. The number of aryl methyl sites for hydroxylation is 1. The first kappa shape index (κ1) is 15.4. The SMILES string of the molecule is CCCc1cc(NC(CCCOC)C(=O)O)ncn1. The van der Waals surface area contributed by atoms with E-state index in [-0.39, 0.29) is 0 Å². The molecule has 0 spiro atoms. The summed E-state index contributed by atoms with van der Waals surface area (Å²) in [5, 5.41) is 12.1. The molecule has 0 fully saturated rings. The maximum atomic E-state index is 11.2. The summed E-state index contributed by atoms with van der Waals surface area (Å²) in [6.45, 7) is 2.62. The number of hydrogen-bond acceptors (Lipinski definition) is 5. The molecule has 0 saturated carbocycles. The molecule has 1 rings (SSSR count). The lowest BCUT2D eigenvalue weighted by Crippen LogP contribution is -2.30. The Kier molecular flexibility index (Phi) is 6.81. The fourth-order valence-corrected chi connectivity index (χ4v) is 1.74. The topological polar surface area (TPSA) is 84.3 Å². The Balaban J connectivity index is 2.62. The van der Waals surface area contributed by atoms with Crippen LogP contribution < -0.4 is 5.32 Å². The highest BCUT2D eigenvalue weighted by Gasteiger charge is 2.17. The highest BCUT2D eigenvalue weighted by molar-refractivity contribution is 5.76. The van der Waals surface area contributed by atoms with Gasteiger partial charge in [-0.25, -0.2) is 14.8 Å². The minimum Gasteiger partial charge on any atom is -0.480 e. The predicted molar refractivity (Wildman–Crippen MR) is 72.2 cm³/mol. The van der Waals surface area contributed by atoms with Gasteiger partial charge in [-0.3, -0.25) is 0 Å².